The Morgan fingerprint density at radius 3 is 2.83 bits per heavy atom. The van der Waals surface area contributed by atoms with E-state index in [9.17, 15) is 8.42 Å². The molecular formula is C10H17N5O2S. The number of sulfone groups is 1. The number of aromatic nitrogens is 3. The Hall–Kier alpha value is -1.44. The molecule has 1 aromatic rings. The molecule has 0 spiro atoms. The molecule has 8 heteroatoms. The number of nitrogens with zero attached hydrogens (tertiary/aromatic N) is 3. The molecule has 2 heterocycles. The zero-order valence-electron chi connectivity index (χ0n) is 10.4. The van der Waals surface area contributed by atoms with E-state index in [1.165, 1.54) is 6.20 Å². The molecule has 0 amide bonds. The number of hydrogen-bond acceptors (Lipinski definition) is 7. The molecule has 1 fully saturated rings. The van der Waals surface area contributed by atoms with Crippen LogP contribution in [0.5, 0.6) is 0 Å². The predicted molar refractivity (Wildman–Crippen MR) is 69.3 cm³/mol. The van der Waals surface area contributed by atoms with Gasteiger partial charge in [0.2, 0.25) is 5.95 Å². The van der Waals surface area contributed by atoms with Crippen molar-refractivity contribution in [3.63, 3.8) is 0 Å². The first kappa shape index (κ1) is 13.0. The summed E-state index contributed by atoms with van der Waals surface area (Å²) in [5, 5.41) is 13.8. The van der Waals surface area contributed by atoms with E-state index in [1.54, 1.807) is 0 Å². The lowest BCUT2D eigenvalue weighted by Crippen LogP contribution is -2.22. The van der Waals surface area contributed by atoms with E-state index < -0.39 is 9.84 Å². The van der Waals surface area contributed by atoms with Gasteiger partial charge in [-0.2, -0.15) is 10.1 Å². The quantitative estimate of drug-likeness (QED) is 0.812. The summed E-state index contributed by atoms with van der Waals surface area (Å²) in [6, 6.07) is 0.132. The lowest BCUT2D eigenvalue weighted by atomic mass is 10.3. The molecule has 1 atom stereocenters. The van der Waals surface area contributed by atoms with E-state index in [1.807, 2.05) is 13.8 Å². The van der Waals surface area contributed by atoms with Crippen molar-refractivity contribution in [3.05, 3.63) is 6.20 Å². The molecule has 18 heavy (non-hydrogen) atoms. The fourth-order valence-corrected chi connectivity index (χ4v) is 3.49. The lowest BCUT2D eigenvalue weighted by Gasteiger charge is -2.12. The van der Waals surface area contributed by atoms with Crippen LogP contribution in [0.25, 0.3) is 0 Å². The van der Waals surface area contributed by atoms with E-state index in [-0.39, 0.29) is 23.6 Å². The molecule has 2 N–H and O–H groups in total. The summed E-state index contributed by atoms with van der Waals surface area (Å²) < 4.78 is 22.7. The Morgan fingerprint density at radius 2 is 2.22 bits per heavy atom. The Kier molecular flexibility index (Phi) is 3.65. The second kappa shape index (κ2) is 5.05. The van der Waals surface area contributed by atoms with Gasteiger partial charge >= 0.3 is 0 Å². The lowest BCUT2D eigenvalue weighted by molar-refractivity contribution is 0.602. The minimum Gasteiger partial charge on any atom is -0.366 e. The minimum absolute atomic E-state index is 0.119. The smallest absolute Gasteiger partial charge is 0.244 e. The molecule has 7 nitrogen and oxygen atoms in total. The molecule has 1 aliphatic rings. The number of hydrogen-bond donors (Lipinski definition) is 2. The Morgan fingerprint density at radius 1 is 1.44 bits per heavy atom. The summed E-state index contributed by atoms with van der Waals surface area (Å²) in [4.78, 5) is 4.23. The second-order valence-electron chi connectivity index (χ2n) is 4.71. The van der Waals surface area contributed by atoms with Crippen LogP contribution in [-0.4, -0.2) is 47.2 Å². The first-order valence-corrected chi connectivity index (χ1v) is 7.70. The van der Waals surface area contributed by atoms with Crippen LogP contribution in [0.3, 0.4) is 0 Å². The van der Waals surface area contributed by atoms with Gasteiger partial charge in [-0.1, -0.05) is 0 Å². The summed E-state index contributed by atoms with van der Waals surface area (Å²) in [5.74, 6) is 1.35. The van der Waals surface area contributed by atoms with Crippen LogP contribution in [0.1, 0.15) is 20.3 Å². The Balaban J connectivity index is 2.01. The molecule has 0 aromatic carbocycles. The number of nitrogens with one attached hydrogen (secondary N) is 2. The van der Waals surface area contributed by atoms with Crippen LogP contribution in [0.15, 0.2) is 6.20 Å². The highest BCUT2D eigenvalue weighted by Gasteiger charge is 2.28. The van der Waals surface area contributed by atoms with E-state index in [0.717, 1.165) is 0 Å². The molecule has 0 aliphatic carbocycles. The third-order valence-corrected chi connectivity index (χ3v) is 4.33. The maximum Gasteiger partial charge on any atom is 0.244 e. The monoisotopic (exact) mass is 271 g/mol. The predicted octanol–water partition coefficient (Wildman–Crippen LogP) is 0.291. The summed E-state index contributed by atoms with van der Waals surface area (Å²) in [5.41, 5.74) is 0. The van der Waals surface area contributed by atoms with E-state index in [4.69, 9.17) is 0 Å². The van der Waals surface area contributed by atoms with Gasteiger partial charge in [0.15, 0.2) is 15.7 Å². The SMILES string of the molecule is CC(C)Nc1cnnc(NC2CCS(=O)(=O)C2)n1. The van der Waals surface area contributed by atoms with Crippen molar-refractivity contribution in [1.29, 1.82) is 0 Å². The van der Waals surface area contributed by atoms with Crippen molar-refractivity contribution in [2.45, 2.75) is 32.4 Å². The third-order valence-electron chi connectivity index (χ3n) is 2.56. The van der Waals surface area contributed by atoms with Crippen LogP contribution >= 0.6 is 0 Å². The highest BCUT2D eigenvalue weighted by molar-refractivity contribution is 7.91. The molecular weight excluding hydrogens is 254 g/mol. The van der Waals surface area contributed by atoms with Gasteiger partial charge in [-0.25, -0.2) is 8.42 Å². The minimum atomic E-state index is -2.90. The van der Waals surface area contributed by atoms with Gasteiger partial charge in [-0.15, -0.1) is 5.10 Å². The molecule has 100 valence electrons. The fourth-order valence-electron chi connectivity index (χ4n) is 1.82. The van der Waals surface area contributed by atoms with Gasteiger partial charge in [-0.3, -0.25) is 0 Å². The van der Waals surface area contributed by atoms with Crippen LogP contribution in [0.2, 0.25) is 0 Å². The number of anilines is 2. The van der Waals surface area contributed by atoms with Gasteiger partial charge < -0.3 is 10.6 Å². The Bertz CT molecular complexity index is 517. The van der Waals surface area contributed by atoms with Crippen LogP contribution in [0.4, 0.5) is 11.8 Å². The standard InChI is InChI=1S/C10H17N5O2S/c1-7(2)12-9-5-11-15-10(14-9)13-8-3-4-18(16,17)6-8/h5,7-8H,3-4,6H2,1-2H3,(H2,12,13,14,15). The van der Waals surface area contributed by atoms with Crippen molar-refractivity contribution >= 4 is 21.6 Å². The third kappa shape index (κ3) is 3.52. The van der Waals surface area contributed by atoms with E-state index in [2.05, 4.69) is 25.8 Å². The largest absolute Gasteiger partial charge is 0.366 e. The van der Waals surface area contributed by atoms with Crippen molar-refractivity contribution in [2.75, 3.05) is 22.1 Å². The van der Waals surface area contributed by atoms with Gasteiger partial charge in [0, 0.05) is 12.1 Å². The second-order valence-corrected chi connectivity index (χ2v) is 6.94. The molecule has 0 radical (unpaired) electrons. The highest BCUT2D eigenvalue weighted by Crippen LogP contribution is 2.15. The summed E-state index contributed by atoms with van der Waals surface area (Å²) >= 11 is 0. The zero-order valence-corrected chi connectivity index (χ0v) is 11.2. The van der Waals surface area contributed by atoms with Crippen molar-refractivity contribution in [3.8, 4) is 0 Å². The normalized spacial score (nSPS) is 22.1. The first-order chi connectivity index (χ1) is 8.44. The maximum absolute atomic E-state index is 11.3. The Labute approximate surface area is 106 Å². The molecule has 0 saturated carbocycles. The zero-order chi connectivity index (χ0) is 13.2. The molecule has 1 aromatic heterocycles. The van der Waals surface area contributed by atoms with Crippen molar-refractivity contribution in [2.24, 2.45) is 0 Å². The average molecular weight is 271 g/mol. The maximum atomic E-state index is 11.3. The van der Waals surface area contributed by atoms with E-state index >= 15 is 0 Å². The van der Waals surface area contributed by atoms with Crippen LogP contribution < -0.4 is 10.6 Å². The molecule has 2 rings (SSSR count). The molecule has 1 unspecified atom stereocenters. The fraction of sp³-hybridized carbons (Fsp3) is 0.700. The molecule has 1 saturated heterocycles. The average Bonchev–Trinajstić information content (AvgIpc) is 2.57. The van der Waals surface area contributed by atoms with Gasteiger partial charge in [-0.05, 0) is 20.3 Å². The first-order valence-electron chi connectivity index (χ1n) is 5.88. The van der Waals surface area contributed by atoms with E-state index in [0.29, 0.717) is 18.2 Å². The number of rotatable bonds is 4. The summed E-state index contributed by atoms with van der Waals surface area (Å²) in [6.45, 7) is 4.00. The van der Waals surface area contributed by atoms with Gasteiger partial charge in [0.05, 0.1) is 17.7 Å². The van der Waals surface area contributed by atoms with Crippen molar-refractivity contribution < 1.29 is 8.42 Å². The van der Waals surface area contributed by atoms with Gasteiger partial charge in [0.1, 0.15) is 0 Å². The van der Waals surface area contributed by atoms with Crippen LogP contribution in [0, 0.1) is 0 Å². The molecule has 1 aliphatic heterocycles. The molecule has 0 bridgehead atoms. The highest BCUT2D eigenvalue weighted by atomic mass is 32.2. The van der Waals surface area contributed by atoms with Crippen molar-refractivity contribution in [1.82, 2.24) is 15.2 Å². The summed E-state index contributed by atoms with van der Waals surface area (Å²) in [6.07, 6.45) is 2.13. The summed E-state index contributed by atoms with van der Waals surface area (Å²) in [7, 11) is -2.90. The topological polar surface area (TPSA) is 96.9 Å². The van der Waals surface area contributed by atoms with Crippen LogP contribution in [-0.2, 0) is 9.84 Å². The van der Waals surface area contributed by atoms with Gasteiger partial charge in [0.25, 0.3) is 0 Å².